The van der Waals surface area contributed by atoms with Gasteiger partial charge in [-0.1, -0.05) is 0 Å². The second-order valence-corrected chi connectivity index (χ2v) is 10.6. The Labute approximate surface area is 224 Å². The molecule has 1 saturated heterocycles. The van der Waals surface area contributed by atoms with Crippen LogP contribution in [0.1, 0.15) is 43.2 Å². The van der Waals surface area contributed by atoms with Crippen molar-refractivity contribution < 1.29 is 19.0 Å². The number of rotatable bonds is 7. The normalized spacial score (nSPS) is 17.3. The summed E-state index contributed by atoms with van der Waals surface area (Å²) in [6.45, 7) is 6.45. The molecule has 4 aromatic heterocycles. The number of carbonyl (C=O) groups excluding carboxylic acids is 1. The van der Waals surface area contributed by atoms with Crippen molar-refractivity contribution in [1.29, 1.82) is 5.26 Å². The molecule has 1 fully saturated rings. The van der Waals surface area contributed by atoms with Crippen molar-refractivity contribution in [2.24, 2.45) is 0 Å². The minimum absolute atomic E-state index is 0.0821. The van der Waals surface area contributed by atoms with Crippen molar-refractivity contribution in [2.75, 3.05) is 24.6 Å². The fourth-order valence-electron chi connectivity index (χ4n) is 4.61. The molecule has 5 rings (SSSR count). The number of amides is 1. The molecule has 39 heavy (non-hydrogen) atoms. The van der Waals surface area contributed by atoms with E-state index in [4.69, 9.17) is 4.74 Å². The van der Waals surface area contributed by atoms with E-state index in [1.165, 1.54) is 24.5 Å². The molecule has 0 spiro atoms. The van der Waals surface area contributed by atoms with Gasteiger partial charge in [0.15, 0.2) is 11.5 Å². The lowest BCUT2D eigenvalue weighted by atomic mass is 10.0. The van der Waals surface area contributed by atoms with Crippen LogP contribution in [-0.4, -0.2) is 61.4 Å². The summed E-state index contributed by atoms with van der Waals surface area (Å²) in [6, 6.07) is 10.4. The van der Waals surface area contributed by atoms with Crippen LogP contribution >= 0.6 is 0 Å². The Kier molecular flexibility index (Phi) is 6.66. The van der Waals surface area contributed by atoms with Gasteiger partial charge in [0.25, 0.3) is 5.91 Å². The number of nitriles is 1. The molecule has 1 unspecified atom stereocenters. The summed E-state index contributed by atoms with van der Waals surface area (Å²) in [7, 11) is 0. The molecular formula is C28H28FN7O3. The highest BCUT2D eigenvalue weighted by Crippen LogP contribution is 2.32. The maximum Gasteiger partial charge on any atom is 0.273 e. The first-order valence-electron chi connectivity index (χ1n) is 12.5. The number of nitrogens with one attached hydrogen (secondary N) is 1. The number of halogens is 1. The lowest BCUT2D eigenvalue weighted by Crippen LogP contribution is -2.48. The Morgan fingerprint density at radius 1 is 1.31 bits per heavy atom. The number of ether oxygens (including phenoxy) is 1. The van der Waals surface area contributed by atoms with Gasteiger partial charge in [0.2, 0.25) is 0 Å². The molecule has 2 N–H and O–H groups in total. The third-order valence-corrected chi connectivity index (χ3v) is 6.54. The van der Waals surface area contributed by atoms with Gasteiger partial charge in [-0.15, -0.1) is 0 Å². The van der Waals surface area contributed by atoms with Crippen molar-refractivity contribution in [3.8, 4) is 22.9 Å². The van der Waals surface area contributed by atoms with Crippen molar-refractivity contribution in [3.63, 3.8) is 0 Å². The van der Waals surface area contributed by atoms with E-state index >= 15 is 0 Å². The summed E-state index contributed by atoms with van der Waals surface area (Å²) in [5.74, 6) is 0.00422. The van der Waals surface area contributed by atoms with Crippen LogP contribution in [0.15, 0.2) is 55.1 Å². The second-order valence-electron chi connectivity index (χ2n) is 10.6. The number of pyridine rings is 3. The number of nitrogens with zero attached hydrogens (tertiary/aromatic N) is 6. The minimum Gasteiger partial charge on any atom is -0.489 e. The minimum atomic E-state index is -1.02. The molecule has 0 bridgehead atoms. The zero-order chi connectivity index (χ0) is 27.8. The molecule has 5 heterocycles. The smallest absolute Gasteiger partial charge is 0.273 e. The molecule has 0 aliphatic carbocycles. The van der Waals surface area contributed by atoms with Crippen molar-refractivity contribution in [3.05, 3.63) is 72.2 Å². The highest BCUT2D eigenvalue weighted by atomic mass is 19.1. The summed E-state index contributed by atoms with van der Waals surface area (Å²) in [6.07, 6.45) is 6.93. The van der Waals surface area contributed by atoms with E-state index in [-0.39, 0.29) is 12.3 Å². The summed E-state index contributed by atoms with van der Waals surface area (Å²) in [5.41, 5.74) is 0.688. The Morgan fingerprint density at radius 3 is 2.82 bits per heavy atom. The molecule has 1 amide bonds. The fourth-order valence-corrected chi connectivity index (χ4v) is 4.61. The molecule has 1 aliphatic heterocycles. The van der Waals surface area contributed by atoms with Crippen LogP contribution in [0, 0.1) is 17.1 Å². The van der Waals surface area contributed by atoms with E-state index in [0.29, 0.717) is 41.9 Å². The van der Waals surface area contributed by atoms with Gasteiger partial charge in [-0.3, -0.25) is 4.79 Å². The zero-order valence-corrected chi connectivity index (χ0v) is 21.8. The molecule has 11 heteroatoms. The molecule has 1 aliphatic rings. The molecule has 200 valence electrons. The van der Waals surface area contributed by atoms with E-state index in [2.05, 4.69) is 31.4 Å². The monoisotopic (exact) mass is 529 g/mol. The average molecular weight is 530 g/mol. The van der Waals surface area contributed by atoms with Crippen molar-refractivity contribution in [1.82, 2.24) is 24.9 Å². The number of anilines is 1. The Bertz CT molecular complexity index is 1570. The van der Waals surface area contributed by atoms with Gasteiger partial charge in [0, 0.05) is 36.6 Å². The van der Waals surface area contributed by atoms with Crippen molar-refractivity contribution in [2.45, 2.75) is 38.3 Å². The van der Waals surface area contributed by atoms with E-state index in [0.717, 1.165) is 11.4 Å². The van der Waals surface area contributed by atoms with Crippen LogP contribution in [0.25, 0.3) is 16.6 Å². The predicted molar refractivity (Wildman–Crippen MR) is 142 cm³/mol. The van der Waals surface area contributed by atoms with Gasteiger partial charge in [-0.25, -0.2) is 18.9 Å². The molecule has 1 atom stereocenters. The topological polar surface area (TPSA) is 129 Å². The molecule has 4 aromatic rings. The van der Waals surface area contributed by atoms with Crippen LogP contribution in [0.3, 0.4) is 0 Å². The Morgan fingerprint density at radius 2 is 2.13 bits per heavy atom. The third-order valence-electron chi connectivity index (χ3n) is 6.54. The highest BCUT2D eigenvalue weighted by Gasteiger charge is 2.36. The molecule has 10 nitrogen and oxygen atoms in total. The molecular weight excluding hydrogens is 501 g/mol. The fraction of sp³-hybridized carbons (Fsp3) is 0.321. The standard InChI is InChI=1S/C28H28FN7O3/c1-27(2,38)17-39-20-11-21(25-19(12-30)14-33-36(25)15-20)18-6-7-23(32-13-18)35-10-8-28(3,16-35)34-26(37)24-22(29)5-4-9-31-24/h4-7,9,11,13-15,38H,8,10,16-17H2,1-3H3,(H,34,37). The van der Waals surface area contributed by atoms with E-state index < -0.39 is 22.9 Å². The van der Waals surface area contributed by atoms with Crippen LogP contribution in [-0.2, 0) is 0 Å². The zero-order valence-electron chi connectivity index (χ0n) is 21.8. The molecule has 0 radical (unpaired) electrons. The van der Waals surface area contributed by atoms with Crippen LogP contribution in [0.2, 0.25) is 0 Å². The number of aromatic nitrogens is 4. The van der Waals surface area contributed by atoms with E-state index in [1.54, 1.807) is 36.8 Å². The SMILES string of the molecule is CC(C)(O)COc1cc(-c2ccc(N3CCC(C)(NC(=O)c4ncccc4F)C3)nc2)c2c(C#N)cnn2c1. The van der Waals surface area contributed by atoms with Gasteiger partial charge in [0.1, 0.15) is 24.2 Å². The molecule has 0 aromatic carbocycles. The quantitative estimate of drug-likeness (QED) is 0.373. The summed E-state index contributed by atoms with van der Waals surface area (Å²) in [5, 5.41) is 26.9. The lowest BCUT2D eigenvalue weighted by Gasteiger charge is -2.26. The van der Waals surface area contributed by atoms with Gasteiger partial charge < -0.3 is 20.1 Å². The highest BCUT2D eigenvalue weighted by molar-refractivity contribution is 5.93. The first kappa shape index (κ1) is 26.1. The average Bonchev–Trinajstić information content (AvgIpc) is 3.50. The van der Waals surface area contributed by atoms with Gasteiger partial charge >= 0.3 is 0 Å². The van der Waals surface area contributed by atoms with Crippen molar-refractivity contribution >= 4 is 17.2 Å². The maximum atomic E-state index is 14.0. The van der Waals surface area contributed by atoms with Gasteiger partial charge in [-0.05, 0) is 57.5 Å². The largest absolute Gasteiger partial charge is 0.489 e. The summed E-state index contributed by atoms with van der Waals surface area (Å²) in [4.78, 5) is 23.2. The first-order valence-corrected chi connectivity index (χ1v) is 12.5. The number of hydrogen-bond acceptors (Lipinski definition) is 8. The molecule has 0 saturated carbocycles. The van der Waals surface area contributed by atoms with E-state index in [1.807, 2.05) is 19.1 Å². The third kappa shape index (κ3) is 5.51. The summed E-state index contributed by atoms with van der Waals surface area (Å²) < 4.78 is 21.4. The number of fused-ring (bicyclic) bond motifs is 1. The Hall–Kier alpha value is -4.56. The van der Waals surface area contributed by atoms with Crippen LogP contribution in [0.5, 0.6) is 5.75 Å². The van der Waals surface area contributed by atoms with Gasteiger partial charge in [-0.2, -0.15) is 10.4 Å². The van der Waals surface area contributed by atoms with E-state index in [9.17, 15) is 19.6 Å². The number of hydrogen-bond donors (Lipinski definition) is 2. The Balaban J connectivity index is 1.37. The summed E-state index contributed by atoms with van der Waals surface area (Å²) >= 11 is 0. The lowest BCUT2D eigenvalue weighted by molar-refractivity contribution is 0.0283. The number of aliphatic hydroxyl groups is 1. The van der Waals surface area contributed by atoms with Crippen LogP contribution in [0.4, 0.5) is 10.2 Å². The second kappa shape index (κ2) is 9.96. The van der Waals surface area contributed by atoms with Crippen LogP contribution < -0.4 is 15.0 Å². The number of carbonyl (C=O) groups is 1. The van der Waals surface area contributed by atoms with Gasteiger partial charge in [0.05, 0.1) is 34.6 Å². The first-order chi connectivity index (χ1) is 18.5. The predicted octanol–water partition coefficient (Wildman–Crippen LogP) is 3.35. The maximum absolute atomic E-state index is 14.0.